The third kappa shape index (κ3) is 3.53. The molecule has 0 amide bonds. The molecule has 0 unspecified atom stereocenters. The minimum absolute atomic E-state index is 0.355. The summed E-state index contributed by atoms with van der Waals surface area (Å²) >= 11 is 6.11. The normalized spacial score (nSPS) is 14.6. The molecule has 2 rings (SSSR count). The van der Waals surface area contributed by atoms with Gasteiger partial charge in [-0.15, -0.1) is 0 Å². The van der Waals surface area contributed by atoms with E-state index in [1.807, 2.05) is 12.1 Å². The predicted molar refractivity (Wildman–Crippen MR) is 73.6 cm³/mol. The Bertz CT molecular complexity index is 405. The molecule has 0 atom stereocenters. The lowest BCUT2D eigenvalue weighted by atomic mass is 10.1. The average molecular weight is 270 g/mol. The second kappa shape index (κ2) is 6.30. The van der Waals surface area contributed by atoms with E-state index in [9.17, 15) is 0 Å². The van der Waals surface area contributed by atoms with E-state index in [-0.39, 0.29) is 0 Å². The number of hydrogen-bond acceptors (Lipinski definition) is 3. The first-order valence-electron chi connectivity index (χ1n) is 6.47. The van der Waals surface area contributed by atoms with Crippen molar-refractivity contribution in [3.05, 3.63) is 22.7 Å². The number of rotatable bonds is 7. The fourth-order valence-corrected chi connectivity index (χ4v) is 2.14. The van der Waals surface area contributed by atoms with Crippen molar-refractivity contribution < 1.29 is 9.47 Å². The molecule has 18 heavy (non-hydrogen) atoms. The quantitative estimate of drug-likeness (QED) is 0.774. The van der Waals surface area contributed by atoms with E-state index in [2.05, 4.69) is 0 Å². The smallest absolute Gasteiger partial charge is 0.164 e. The van der Waals surface area contributed by atoms with Crippen molar-refractivity contribution in [2.75, 3.05) is 13.7 Å². The molecule has 0 radical (unpaired) electrons. The van der Waals surface area contributed by atoms with Crippen LogP contribution in [0.5, 0.6) is 11.5 Å². The van der Waals surface area contributed by atoms with E-state index in [4.69, 9.17) is 26.8 Å². The fraction of sp³-hybridized carbons (Fsp3) is 0.571. The molecule has 3 nitrogen and oxygen atoms in total. The SMILES string of the molecule is COc1cc(Cl)cc(CCCCN)c1OC1CC1. The Labute approximate surface area is 113 Å². The standard InChI is InChI=1S/C14H20ClNO2/c1-17-13-9-11(15)8-10(4-2-3-7-16)14(13)18-12-5-6-12/h8-9,12H,2-7,16H2,1H3. The summed E-state index contributed by atoms with van der Waals surface area (Å²) in [4.78, 5) is 0. The lowest BCUT2D eigenvalue weighted by molar-refractivity contribution is 0.279. The Balaban J connectivity index is 2.18. The highest BCUT2D eigenvalue weighted by atomic mass is 35.5. The van der Waals surface area contributed by atoms with Gasteiger partial charge in [-0.1, -0.05) is 11.6 Å². The first-order chi connectivity index (χ1) is 8.74. The summed E-state index contributed by atoms with van der Waals surface area (Å²) in [6, 6.07) is 3.78. The fourth-order valence-electron chi connectivity index (χ4n) is 1.91. The van der Waals surface area contributed by atoms with Crippen LogP contribution in [0.4, 0.5) is 0 Å². The topological polar surface area (TPSA) is 44.5 Å². The molecule has 0 heterocycles. The zero-order valence-electron chi connectivity index (χ0n) is 10.7. The van der Waals surface area contributed by atoms with Gasteiger partial charge in [0.2, 0.25) is 0 Å². The Morgan fingerprint density at radius 2 is 2.11 bits per heavy atom. The Morgan fingerprint density at radius 1 is 1.33 bits per heavy atom. The molecule has 1 fully saturated rings. The molecule has 0 saturated heterocycles. The number of aryl methyl sites for hydroxylation is 1. The van der Waals surface area contributed by atoms with Crippen LogP contribution in [0.2, 0.25) is 5.02 Å². The Kier molecular flexibility index (Phi) is 4.72. The highest BCUT2D eigenvalue weighted by molar-refractivity contribution is 6.30. The molecule has 1 aromatic rings. The lowest BCUT2D eigenvalue weighted by Gasteiger charge is -2.15. The molecular formula is C14H20ClNO2. The number of halogens is 1. The van der Waals surface area contributed by atoms with Crippen molar-refractivity contribution in [2.24, 2.45) is 5.73 Å². The third-order valence-corrected chi connectivity index (χ3v) is 3.24. The van der Waals surface area contributed by atoms with Crippen LogP contribution in [-0.2, 0) is 6.42 Å². The van der Waals surface area contributed by atoms with Gasteiger partial charge in [0.15, 0.2) is 11.5 Å². The van der Waals surface area contributed by atoms with Gasteiger partial charge in [0.1, 0.15) is 0 Å². The summed E-state index contributed by atoms with van der Waals surface area (Å²) in [6.45, 7) is 0.719. The van der Waals surface area contributed by atoms with Crippen molar-refractivity contribution in [2.45, 2.75) is 38.2 Å². The summed E-state index contributed by atoms with van der Waals surface area (Å²) in [6.07, 6.45) is 5.60. The summed E-state index contributed by atoms with van der Waals surface area (Å²) < 4.78 is 11.3. The summed E-state index contributed by atoms with van der Waals surface area (Å²) in [5.74, 6) is 1.60. The van der Waals surface area contributed by atoms with Crippen LogP contribution in [0.3, 0.4) is 0 Å². The van der Waals surface area contributed by atoms with Crippen LogP contribution in [0.1, 0.15) is 31.2 Å². The molecule has 0 aliphatic heterocycles. The number of methoxy groups -OCH3 is 1. The van der Waals surface area contributed by atoms with Gasteiger partial charge in [0.25, 0.3) is 0 Å². The minimum Gasteiger partial charge on any atom is -0.493 e. The number of nitrogens with two attached hydrogens (primary N) is 1. The van der Waals surface area contributed by atoms with Crippen LogP contribution in [0, 0.1) is 0 Å². The van der Waals surface area contributed by atoms with Crippen LogP contribution in [-0.4, -0.2) is 19.8 Å². The molecule has 1 aromatic carbocycles. The van der Waals surface area contributed by atoms with Crippen molar-refractivity contribution >= 4 is 11.6 Å². The average Bonchev–Trinajstić information content (AvgIpc) is 3.16. The van der Waals surface area contributed by atoms with Crippen LogP contribution in [0.15, 0.2) is 12.1 Å². The Hall–Kier alpha value is -0.930. The molecule has 0 bridgehead atoms. The van der Waals surface area contributed by atoms with E-state index >= 15 is 0 Å². The first kappa shape index (κ1) is 13.5. The van der Waals surface area contributed by atoms with Gasteiger partial charge in [-0.2, -0.15) is 0 Å². The molecule has 2 N–H and O–H groups in total. The first-order valence-corrected chi connectivity index (χ1v) is 6.85. The third-order valence-electron chi connectivity index (χ3n) is 3.03. The van der Waals surface area contributed by atoms with E-state index in [0.29, 0.717) is 11.1 Å². The second-order valence-electron chi connectivity index (χ2n) is 4.66. The number of hydrogen-bond donors (Lipinski definition) is 1. The maximum atomic E-state index is 6.11. The van der Waals surface area contributed by atoms with Gasteiger partial charge >= 0.3 is 0 Å². The predicted octanol–water partition coefficient (Wildman–Crippen LogP) is 3.17. The molecule has 1 aliphatic carbocycles. The molecule has 0 aromatic heterocycles. The van der Waals surface area contributed by atoms with E-state index in [1.54, 1.807) is 7.11 Å². The van der Waals surface area contributed by atoms with Gasteiger partial charge < -0.3 is 15.2 Å². The number of ether oxygens (including phenoxy) is 2. The Morgan fingerprint density at radius 3 is 2.72 bits per heavy atom. The van der Waals surface area contributed by atoms with Crippen molar-refractivity contribution in [3.63, 3.8) is 0 Å². The molecule has 0 spiro atoms. The van der Waals surface area contributed by atoms with Gasteiger partial charge in [0.05, 0.1) is 13.2 Å². The maximum absolute atomic E-state index is 6.11. The van der Waals surface area contributed by atoms with Crippen LogP contribution < -0.4 is 15.2 Å². The molecule has 4 heteroatoms. The highest BCUT2D eigenvalue weighted by Gasteiger charge is 2.26. The maximum Gasteiger partial charge on any atom is 0.164 e. The summed E-state index contributed by atoms with van der Waals surface area (Å²) in [7, 11) is 1.65. The second-order valence-corrected chi connectivity index (χ2v) is 5.10. The lowest BCUT2D eigenvalue weighted by Crippen LogP contribution is -2.04. The zero-order chi connectivity index (χ0) is 13.0. The van der Waals surface area contributed by atoms with Gasteiger partial charge in [-0.3, -0.25) is 0 Å². The molecular weight excluding hydrogens is 250 g/mol. The summed E-state index contributed by atoms with van der Waals surface area (Å²) in [5.41, 5.74) is 6.65. The van der Waals surface area contributed by atoms with Crippen molar-refractivity contribution in [3.8, 4) is 11.5 Å². The molecule has 1 aliphatic rings. The van der Waals surface area contributed by atoms with Crippen molar-refractivity contribution in [1.82, 2.24) is 0 Å². The van der Waals surface area contributed by atoms with E-state index in [1.165, 1.54) is 0 Å². The monoisotopic (exact) mass is 269 g/mol. The summed E-state index contributed by atoms with van der Waals surface area (Å²) in [5, 5.41) is 0.692. The van der Waals surface area contributed by atoms with Gasteiger partial charge in [-0.25, -0.2) is 0 Å². The van der Waals surface area contributed by atoms with Crippen LogP contribution >= 0.6 is 11.6 Å². The molecule has 100 valence electrons. The van der Waals surface area contributed by atoms with E-state index in [0.717, 1.165) is 55.7 Å². The zero-order valence-corrected chi connectivity index (χ0v) is 11.5. The largest absolute Gasteiger partial charge is 0.493 e. The van der Waals surface area contributed by atoms with Gasteiger partial charge in [-0.05, 0) is 50.3 Å². The molecule has 1 saturated carbocycles. The minimum atomic E-state index is 0.355. The van der Waals surface area contributed by atoms with Crippen molar-refractivity contribution in [1.29, 1.82) is 0 Å². The number of benzene rings is 1. The van der Waals surface area contributed by atoms with E-state index < -0.39 is 0 Å². The van der Waals surface area contributed by atoms with Gasteiger partial charge in [0, 0.05) is 11.1 Å². The van der Waals surface area contributed by atoms with Crippen LogP contribution in [0.25, 0.3) is 0 Å². The highest BCUT2D eigenvalue weighted by Crippen LogP contribution is 2.39. The number of unbranched alkanes of at least 4 members (excludes halogenated alkanes) is 1.